The van der Waals surface area contributed by atoms with Crippen molar-refractivity contribution < 1.29 is 9.90 Å². The number of amides is 1. The summed E-state index contributed by atoms with van der Waals surface area (Å²) in [4.78, 5) is 29.6. The van der Waals surface area contributed by atoms with Gasteiger partial charge in [0.1, 0.15) is 11.5 Å². The summed E-state index contributed by atoms with van der Waals surface area (Å²) >= 11 is 0. The summed E-state index contributed by atoms with van der Waals surface area (Å²) in [6, 6.07) is 7.64. The fourth-order valence-corrected chi connectivity index (χ4v) is 1.56. The molecule has 0 atom stereocenters. The predicted octanol–water partition coefficient (Wildman–Crippen LogP) is 0.756. The molecule has 0 saturated heterocycles. The van der Waals surface area contributed by atoms with Gasteiger partial charge in [-0.3, -0.25) is 9.59 Å². The van der Waals surface area contributed by atoms with Gasteiger partial charge in [-0.05, 0) is 18.2 Å². The third kappa shape index (κ3) is 4.30. The predicted molar refractivity (Wildman–Crippen MR) is 77.8 cm³/mol. The van der Waals surface area contributed by atoms with Crippen molar-refractivity contribution >= 4 is 11.7 Å². The lowest BCUT2D eigenvalue weighted by Crippen LogP contribution is -2.18. The highest BCUT2D eigenvalue weighted by atomic mass is 16.2. The SMILES string of the molecule is O=C(Nc1cc(C#CCCO)ccn1)c1cccc(=O)[nH]1. The summed E-state index contributed by atoms with van der Waals surface area (Å²) in [5.74, 6) is 5.51. The molecule has 0 fully saturated rings. The molecule has 0 aliphatic rings. The zero-order valence-electron chi connectivity index (χ0n) is 11.1. The number of H-pyrrole nitrogens is 1. The Hall–Kier alpha value is -2.91. The summed E-state index contributed by atoms with van der Waals surface area (Å²) in [6.45, 7) is 0.00302. The van der Waals surface area contributed by atoms with Gasteiger partial charge in [0, 0.05) is 24.2 Å². The number of pyridine rings is 2. The molecule has 0 unspecified atom stereocenters. The maximum atomic E-state index is 11.9. The van der Waals surface area contributed by atoms with Gasteiger partial charge in [0.15, 0.2) is 0 Å². The molecular weight excluding hydrogens is 270 g/mol. The molecule has 0 spiro atoms. The minimum absolute atomic E-state index is 0.00302. The Bertz CT molecular complexity index is 756. The molecule has 6 heteroatoms. The van der Waals surface area contributed by atoms with E-state index in [1.807, 2.05) is 0 Å². The van der Waals surface area contributed by atoms with Crippen molar-refractivity contribution in [1.82, 2.24) is 9.97 Å². The lowest BCUT2D eigenvalue weighted by atomic mass is 10.2. The van der Waals surface area contributed by atoms with Gasteiger partial charge >= 0.3 is 0 Å². The minimum Gasteiger partial charge on any atom is -0.395 e. The first kappa shape index (κ1) is 14.5. The van der Waals surface area contributed by atoms with Crippen molar-refractivity contribution in [3.63, 3.8) is 0 Å². The zero-order chi connectivity index (χ0) is 15.1. The Kier molecular flexibility index (Phi) is 4.85. The van der Waals surface area contributed by atoms with E-state index in [1.54, 1.807) is 12.1 Å². The van der Waals surface area contributed by atoms with Gasteiger partial charge in [-0.2, -0.15) is 0 Å². The maximum absolute atomic E-state index is 11.9. The van der Waals surface area contributed by atoms with Crippen LogP contribution in [0.4, 0.5) is 5.82 Å². The Morgan fingerprint density at radius 2 is 2.24 bits per heavy atom. The van der Waals surface area contributed by atoms with E-state index in [4.69, 9.17) is 5.11 Å². The number of aromatic nitrogens is 2. The third-order valence-corrected chi connectivity index (χ3v) is 2.48. The first-order valence-electron chi connectivity index (χ1n) is 6.25. The molecule has 3 N–H and O–H groups in total. The second-order valence-electron chi connectivity index (χ2n) is 4.09. The van der Waals surface area contributed by atoms with E-state index in [2.05, 4.69) is 27.1 Å². The number of aliphatic hydroxyl groups is 1. The number of carbonyl (C=O) groups excluding carboxylic acids is 1. The summed E-state index contributed by atoms with van der Waals surface area (Å²) in [5.41, 5.74) is 0.482. The van der Waals surface area contributed by atoms with Crippen LogP contribution in [0.25, 0.3) is 0 Å². The van der Waals surface area contributed by atoms with Gasteiger partial charge in [0.25, 0.3) is 5.91 Å². The van der Waals surface area contributed by atoms with E-state index < -0.39 is 5.91 Å². The number of anilines is 1. The quantitative estimate of drug-likeness (QED) is 0.725. The maximum Gasteiger partial charge on any atom is 0.273 e. The Morgan fingerprint density at radius 3 is 3.00 bits per heavy atom. The highest BCUT2D eigenvalue weighted by Gasteiger charge is 2.07. The van der Waals surface area contributed by atoms with Crippen molar-refractivity contribution in [2.75, 3.05) is 11.9 Å². The molecule has 0 bridgehead atoms. The molecule has 2 heterocycles. The summed E-state index contributed by atoms with van der Waals surface area (Å²) in [7, 11) is 0. The van der Waals surface area contributed by atoms with Crippen molar-refractivity contribution in [2.24, 2.45) is 0 Å². The normalized spacial score (nSPS) is 9.57. The van der Waals surface area contributed by atoms with Gasteiger partial charge in [-0.15, -0.1) is 0 Å². The Balaban J connectivity index is 2.13. The number of aliphatic hydroxyl groups excluding tert-OH is 1. The zero-order valence-corrected chi connectivity index (χ0v) is 11.1. The summed E-state index contributed by atoms with van der Waals surface area (Å²) in [6.07, 6.45) is 1.90. The highest BCUT2D eigenvalue weighted by molar-refractivity contribution is 6.02. The van der Waals surface area contributed by atoms with E-state index in [0.717, 1.165) is 0 Å². The van der Waals surface area contributed by atoms with Crippen LogP contribution in [-0.4, -0.2) is 27.6 Å². The molecule has 0 saturated carbocycles. The fraction of sp³-hybridized carbons (Fsp3) is 0.133. The van der Waals surface area contributed by atoms with E-state index in [-0.39, 0.29) is 17.9 Å². The Morgan fingerprint density at radius 1 is 1.38 bits per heavy atom. The molecule has 2 rings (SSSR count). The molecule has 2 aromatic heterocycles. The topological polar surface area (TPSA) is 95.1 Å². The average Bonchev–Trinajstić information content (AvgIpc) is 2.48. The number of nitrogens with zero attached hydrogens (tertiary/aromatic N) is 1. The van der Waals surface area contributed by atoms with Crippen LogP contribution in [0.15, 0.2) is 41.3 Å². The van der Waals surface area contributed by atoms with Gasteiger partial charge < -0.3 is 15.4 Å². The second kappa shape index (κ2) is 7.03. The van der Waals surface area contributed by atoms with E-state index in [9.17, 15) is 9.59 Å². The number of carbonyl (C=O) groups is 1. The highest BCUT2D eigenvalue weighted by Crippen LogP contribution is 2.07. The van der Waals surface area contributed by atoms with Crippen LogP contribution in [0.2, 0.25) is 0 Å². The van der Waals surface area contributed by atoms with E-state index >= 15 is 0 Å². The monoisotopic (exact) mass is 283 g/mol. The summed E-state index contributed by atoms with van der Waals surface area (Å²) < 4.78 is 0. The fourth-order valence-electron chi connectivity index (χ4n) is 1.56. The molecule has 2 aromatic rings. The molecule has 1 amide bonds. The van der Waals surface area contributed by atoms with E-state index in [1.165, 1.54) is 24.4 Å². The smallest absolute Gasteiger partial charge is 0.273 e. The van der Waals surface area contributed by atoms with Crippen LogP contribution in [0, 0.1) is 11.8 Å². The molecule has 0 radical (unpaired) electrons. The number of hydrogen-bond acceptors (Lipinski definition) is 4. The molecular formula is C15H13N3O3. The number of aromatic amines is 1. The molecule has 106 valence electrons. The van der Waals surface area contributed by atoms with Crippen LogP contribution < -0.4 is 10.9 Å². The van der Waals surface area contributed by atoms with Crippen molar-refractivity contribution in [2.45, 2.75) is 6.42 Å². The van der Waals surface area contributed by atoms with Gasteiger partial charge in [-0.1, -0.05) is 17.9 Å². The third-order valence-electron chi connectivity index (χ3n) is 2.48. The van der Waals surface area contributed by atoms with E-state index in [0.29, 0.717) is 17.8 Å². The number of hydrogen-bond donors (Lipinski definition) is 3. The van der Waals surface area contributed by atoms with Crippen molar-refractivity contribution in [3.8, 4) is 11.8 Å². The number of nitrogens with one attached hydrogen (secondary N) is 2. The largest absolute Gasteiger partial charge is 0.395 e. The minimum atomic E-state index is -0.458. The van der Waals surface area contributed by atoms with Crippen LogP contribution in [-0.2, 0) is 0 Å². The lowest BCUT2D eigenvalue weighted by Gasteiger charge is -2.04. The van der Waals surface area contributed by atoms with Crippen molar-refractivity contribution in [3.05, 3.63) is 58.1 Å². The average molecular weight is 283 g/mol. The van der Waals surface area contributed by atoms with Gasteiger partial charge in [0.2, 0.25) is 5.56 Å². The Labute approximate surface area is 120 Å². The molecule has 21 heavy (non-hydrogen) atoms. The van der Waals surface area contributed by atoms with Crippen LogP contribution >= 0.6 is 0 Å². The van der Waals surface area contributed by atoms with Crippen LogP contribution in [0.3, 0.4) is 0 Å². The van der Waals surface area contributed by atoms with Gasteiger partial charge in [-0.25, -0.2) is 4.98 Å². The molecule has 0 aliphatic heterocycles. The second-order valence-corrected chi connectivity index (χ2v) is 4.09. The molecule has 0 aliphatic carbocycles. The van der Waals surface area contributed by atoms with Crippen LogP contribution in [0.1, 0.15) is 22.5 Å². The molecule has 6 nitrogen and oxygen atoms in total. The lowest BCUT2D eigenvalue weighted by molar-refractivity contribution is 0.102. The van der Waals surface area contributed by atoms with Crippen molar-refractivity contribution in [1.29, 1.82) is 0 Å². The first-order valence-corrected chi connectivity index (χ1v) is 6.25. The standard InChI is InChI=1S/C15H13N3O3/c19-9-2-1-4-11-7-8-16-13(10-11)18-15(21)12-5-3-6-14(20)17-12/h3,5-8,10,19H,2,9H2,(H,17,20)(H,16,18,21). The molecule has 0 aromatic carbocycles. The summed E-state index contributed by atoms with van der Waals surface area (Å²) in [5, 5.41) is 11.2. The van der Waals surface area contributed by atoms with Gasteiger partial charge in [0.05, 0.1) is 6.61 Å². The van der Waals surface area contributed by atoms with Crippen LogP contribution in [0.5, 0.6) is 0 Å². The number of rotatable bonds is 3. The first-order chi connectivity index (χ1) is 10.2.